The van der Waals surface area contributed by atoms with E-state index in [9.17, 15) is 14.4 Å². The van der Waals surface area contributed by atoms with Gasteiger partial charge in [-0.1, -0.05) is 19.9 Å². The van der Waals surface area contributed by atoms with Crippen molar-refractivity contribution in [2.45, 2.75) is 20.8 Å². The Labute approximate surface area is 142 Å². The van der Waals surface area contributed by atoms with Crippen LogP contribution in [0.1, 0.15) is 41.5 Å². The highest BCUT2D eigenvalue weighted by molar-refractivity contribution is 5.99. The molecule has 130 valence electrons. The molecule has 6 heteroatoms. The van der Waals surface area contributed by atoms with Crippen molar-refractivity contribution in [2.75, 3.05) is 32.7 Å². The predicted molar refractivity (Wildman–Crippen MR) is 91.8 cm³/mol. The highest BCUT2D eigenvalue weighted by Gasteiger charge is 2.23. The first-order chi connectivity index (χ1) is 11.4. The van der Waals surface area contributed by atoms with Crippen LogP contribution in [0.5, 0.6) is 0 Å². The second-order valence-corrected chi connectivity index (χ2v) is 6.48. The minimum absolute atomic E-state index is 0.0333. The van der Waals surface area contributed by atoms with Crippen molar-refractivity contribution in [3.8, 4) is 0 Å². The first kappa shape index (κ1) is 18.0. The van der Waals surface area contributed by atoms with E-state index in [-0.39, 0.29) is 17.7 Å². The molecule has 24 heavy (non-hydrogen) atoms. The Morgan fingerprint density at radius 2 is 1.62 bits per heavy atom. The minimum Gasteiger partial charge on any atom is -0.352 e. The maximum atomic E-state index is 12.6. The van der Waals surface area contributed by atoms with Gasteiger partial charge in [0.05, 0.1) is 0 Å². The SMILES string of the molecule is CC(=O)N1CCN(C(=O)c2cccc(C(=O)NCC(C)C)c2)CC1. The molecule has 2 rings (SSSR count). The van der Waals surface area contributed by atoms with Crippen LogP contribution in [0.2, 0.25) is 0 Å². The molecule has 0 aliphatic carbocycles. The molecule has 1 aliphatic rings. The fourth-order valence-electron chi connectivity index (χ4n) is 2.60. The molecule has 1 N–H and O–H groups in total. The Kier molecular flexibility index (Phi) is 5.95. The van der Waals surface area contributed by atoms with Crippen molar-refractivity contribution >= 4 is 17.7 Å². The number of nitrogens with one attached hydrogen (secondary N) is 1. The lowest BCUT2D eigenvalue weighted by atomic mass is 10.1. The van der Waals surface area contributed by atoms with E-state index in [0.29, 0.717) is 49.8 Å². The van der Waals surface area contributed by atoms with Crippen LogP contribution in [0.15, 0.2) is 24.3 Å². The summed E-state index contributed by atoms with van der Waals surface area (Å²) in [6.07, 6.45) is 0. The Hall–Kier alpha value is -2.37. The third kappa shape index (κ3) is 4.57. The molecule has 1 aromatic rings. The first-order valence-electron chi connectivity index (χ1n) is 8.31. The summed E-state index contributed by atoms with van der Waals surface area (Å²) in [6.45, 7) is 8.33. The van der Waals surface area contributed by atoms with Gasteiger partial charge in [-0.15, -0.1) is 0 Å². The van der Waals surface area contributed by atoms with E-state index in [2.05, 4.69) is 5.32 Å². The monoisotopic (exact) mass is 331 g/mol. The van der Waals surface area contributed by atoms with Crippen molar-refractivity contribution in [1.82, 2.24) is 15.1 Å². The minimum atomic E-state index is -0.167. The van der Waals surface area contributed by atoms with Gasteiger partial charge in [0.2, 0.25) is 5.91 Å². The zero-order chi connectivity index (χ0) is 17.7. The smallest absolute Gasteiger partial charge is 0.253 e. The summed E-state index contributed by atoms with van der Waals surface area (Å²) in [5.74, 6) is 0.138. The molecule has 0 radical (unpaired) electrons. The second kappa shape index (κ2) is 7.95. The van der Waals surface area contributed by atoms with Crippen molar-refractivity contribution < 1.29 is 14.4 Å². The third-order valence-corrected chi connectivity index (χ3v) is 4.05. The van der Waals surface area contributed by atoms with E-state index in [0.717, 1.165) is 0 Å². The lowest BCUT2D eigenvalue weighted by molar-refractivity contribution is -0.130. The van der Waals surface area contributed by atoms with E-state index in [1.165, 1.54) is 6.92 Å². The number of carbonyl (C=O) groups excluding carboxylic acids is 3. The highest BCUT2D eigenvalue weighted by Crippen LogP contribution is 2.11. The van der Waals surface area contributed by atoms with Crippen LogP contribution in [-0.4, -0.2) is 60.2 Å². The van der Waals surface area contributed by atoms with Crippen LogP contribution in [0.25, 0.3) is 0 Å². The number of benzene rings is 1. The molecule has 1 fully saturated rings. The zero-order valence-electron chi connectivity index (χ0n) is 14.5. The second-order valence-electron chi connectivity index (χ2n) is 6.48. The van der Waals surface area contributed by atoms with Crippen LogP contribution in [0.4, 0.5) is 0 Å². The lowest BCUT2D eigenvalue weighted by Crippen LogP contribution is -2.50. The van der Waals surface area contributed by atoms with Crippen molar-refractivity contribution in [1.29, 1.82) is 0 Å². The number of hydrogen-bond acceptors (Lipinski definition) is 3. The maximum Gasteiger partial charge on any atom is 0.253 e. The summed E-state index contributed by atoms with van der Waals surface area (Å²) in [5.41, 5.74) is 0.993. The normalized spacial score (nSPS) is 14.7. The topological polar surface area (TPSA) is 69.7 Å². The van der Waals surface area contributed by atoms with Gasteiger partial charge >= 0.3 is 0 Å². The zero-order valence-corrected chi connectivity index (χ0v) is 14.5. The van der Waals surface area contributed by atoms with Crippen molar-refractivity contribution in [3.63, 3.8) is 0 Å². The van der Waals surface area contributed by atoms with Crippen LogP contribution in [-0.2, 0) is 4.79 Å². The van der Waals surface area contributed by atoms with Gasteiger partial charge in [-0.05, 0) is 24.1 Å². The van der Waals surface area contributed by atoms with Gasteiger partial charge in [0.1, 0.15) is 0 Å². The largest absolute Gasteiger partial charge is 0.352 e. The summed E-state index contributed by atoms with van der Waals surface area (Å²) in [6, 6.07) is 6.79. The molecule has 0 atom stereocenters. The molecule has 0 aromatic heterocycles. The van der Waals surface area contributed by atoms with E-state index in [1.807, 2.05) is 13.8 Å². The summed E-state index contributed by atoms with van der Waals surface area (Å²) in [4.78, 5) is 39.6. The number of nitrogens with zero attached hydrogens (tertiary/aromatic N) is 2. The Morgan fingerprint density at radius 3 is 2.21 bits per heavy atom. The van der Waals surface area contributed by atoms with Gasteiger partial charge in [0, 0.05) is 50.8 Å². The summed E-state index contributed by atoms with van der Waals surface area (Å²) in [5, 5.41) is 2.85. The molecule has 1 saturated heterocycles. The average Bonchev–Trinajstić information content (AvgIpc) is 2.59. The van der Waals surface area contributed by atoms with Crippen LogP contribution in [0, 0.1) is 5.92 Å². The molecule has 3 amide bonds. The van der Waals surface area contributed by atoms with Gasteiger partial charge in [0.25, 0.3) is 11.8 Å². The third-order valence-electron chi connectivity index (χ3n) is 4.05. The lowest BCUT2D eigenvalue weighted by Gasteiger charge is -2.34. The van der Waals surface area contributed by atoms with Gasteiger partial charge < -0.3 is 15.1 Å². The molecule has 6 nitrogen and oxygen atoms in total. The fraction of sp³-hybridized carbons (Fsp3) is 0.500. The van der Waals surface area contributed by atoms with E-state index in [4.69, 9.17) is 0 Å². The Morgan fingerprint density at radius 1 is 1.04 bits per heavy atom. The van der Waals surface area contributed by atoms with Gasteiger partial charge in [-0.3, -0.25) is 14.4 Å². The Bertz CT molecular complexity index is 620. The Balaban J connectivity index is 2.02. The van der Waals surface area contributed by atoms with E-state index >= 15 is 0 Å². The van der Waals surface area contributed by atoms with Crippen molar-refractivity contribution in [2.24, 2.45) is 5.92 Å². The number of rotatable bonds is 4. The van der Waals surface area contributed by atoms with Crippen LogP contribution >= 0.6 is 0 Å². The number of hydrogen-bond donors (Lipinski definition) is 1. The van der Waals surface area contributed by atoms with E-state index in [1.54, 1.807) is 34.1 Å². The molecule has 0 bridgehead atoms. The molecule has 1 heterocycles. The van der Waals surface area contributed by atoms with Gasteiger partial charge in [0.15, 0.2) is 0 Å². The quantitative estimate of drug-likeness (QED) is 0.906. The number of carbonyl (C=O) groups is 3. The molecule has 1 aliphatic heterocycles. The molecule has 1 aromatic carbocycles. The maximum absolute atomic E-state index is 12.6. The first-order valence-corrected chi connectivity index (χ1v) is 8.31. The average molecular weight is 331 g/mol. The van der Waals surface area contributed by atoms with Crippen molar-refractivity contribution in [3.05, 3.63) is 35.4 Å². The molecular formula is C18H25N3O3. The van der Waals surface area contributed by atoms with Gasteiger partial charge in [-0.25, -0.2) is 0 Å². The van der Waals surface area contributed by atoms with Crippen LogP contribution < -0.4 is 5.32 Å². The number of piperazine rings is 1. The molecule has 0 saturated carbocycles. The summed E-state index contributed by atoms with van der Waals surface area (Å²) in [7, 11) is 0. The molecule has 0 unspecified atom stereocenters. The van der Waals surface area contributed by atoms with Gasteiger partial charge in [-0.2, -0.15) is 0 Å². The highest BCUT2D eigenvalue weighted by atomic mass is 16.2. The molecule has 0 spiro atoms. The summed E-state index contributed by atoms with van der Waals surface area (Å²) >= 11 is 0. The molecular weight excluding hydrogens is 306 g/mol. The summed E-state index contributed by atoms with van der Waals surface area (Å²) < 4.78 is 0. The van der Waals surface area contributed by atoms with E-state index < -0.39 is 0 Å². The standard InChI is InChI=1S/C18H25N3O3/c1-13(2)12-19-17(23)15-5-4-6-16(11-15)18(24)21-9-7-20(8-10-21)14(3)22/h4-6,11,13H,7-10,12H2,1-3H3,(H,19,23). The predicted octanol–water partition coefficient (Wildman–Crippen LogP) is 1.38. The fourth-order valence-corrected chi connectivity index (χ4v) is 2.60. The van der Waals surface area contributed by atoms with Crippen LogP contribution in [0.3, 0.4) is 0 Å². The number of amides is 3.